The van der Waals surface area contributed by atoms with Gasteiger partial charge in [-0.1, -0.05) is 6.07 Å². The molecule has 2 aromatic heterocycles. The van der Waals surface area contributed by atoms with E-state index < -0.39 is 0 Å². The van der Waals surface area contributed by atoms with Crippen molar-refractivity contribution in [2.45, 2.75) is 19.9 Å². The Morgan fingerprint density at radius 2 is 2.32 bits per heavy atom. The Bertz CT molecular complexity index is 523. The normalized spacial score (nSPS) is 11.9. The quantitative estimate of drug-likeness (QED) is 0.913. The molecule has 100 valence electrons. The van der Waals surface area contributed by atoms with Crippen LogP contribution in [-0.4, -0.2) is 17.5 Å². The van der Waals surface area contributed by atoms with E-state index in [2.05, 4.69) is 10.3 Å². The highest BCUT2D eigenvalue weighted by atomic mass is 32.1. The Balaban J connectivity index is 1.99. The van der Waals surface area contributed by atoms with Gasteiger partial charge in [0.1, 0.15) is 0 Å². The van der Waals surface area contributed by atoms with E-state index in [0.29, 0.717) is 18.1 Å². The van der Waals surface area contributed by atoms with Crippen LogP contribution in [0.2, 0.25) is 0 Å². The average Bonchev–Trinajstić information content (AvgIpc) is 2.94. The summed E-state index contributed by atoms with van der Waals surface area (Å²) >= 11 is 1.63. The molecule has 5 heteroatoms. The number of hydrogen-bond acceptors (Lipinski definition) is 4. The molecule has 0 aliphatic heterocycles. The van der Waals surface area contributed by atoms with Crippen LogP contribution in [0, 0.1) is 0 Å². The second kappa shape index (κ2) is 6.33. The van der Waals surface area contributed by atoms with E-state index in [4.69, 9.17) is 4.74 Å². The summed E-state index contributed by atoms with van der Waals surface area (Å²) in [6.07, 6.45) is 1.53. The summed E-state index contributed by atoms with van der Waals surface area (Å²) in [5.74, 6) is 0.404. The minimum atomic E-state index is -0.128. The lowest BCUT2D eigenvalue weighted by Crippen LogP contribution is -2.26. The Hall–Kier alpha value is -1.88. The number of amides is 1. The van der Waals surface area contributed by atoms with Crippen LogP contribution >= 0.6 is 11.3 Å². The van der Waals surface area contributed by atoms with Crippen molar-refractivity contribution in [2.75, 3.05) is 6.61 Å². The molecule has 0 aromatic carbocycles. The third-order valence-corrected chi connectivity index (χ3v) is 3.66. The highest BCUT2D eigenvalue weighted by Crippen LogP contribution is 2.18. The molecular formula is C14H16N2O2S. The number of ether oxygens (including phenoxy) is 1. The van der Waals surface area contributed by atoms with Gasteiger partial charge in [0.2, 0.25) is 5.88 Å². The first-order valence-corrected chi connectivity index (χ1v) is 7.01. The van der Waals surface area contributed by atoms with Crippen LogP contribution in [0.1, 0.15) is 35.1 Å². The molecule has 0 radical (unpaired) electrons. The fourth-order valence-electron chi connectivity index (χ4n) is 1.64. The van der Waals surface area contributed by atoms with E-state index in [-0.39, 0.29) is 11.9 Å². The summed E-state index contributed by atoms with van der Waals surface area (Å²) in [6.45, 7) is 4.42. The molecule has 0 bridgehead atoms. The molecule has 0 saturated carbocycles. The van der Waals surface area contributed by atoms with E-state index in [9.17, 15) is 4.79 Å². The second-order valence-electron chi connectivity index (χ2n) is 4.03. The highest BCUT2D eigenvalue weighted by molar-refractivity contribution is 7.10. The van der Waals surface area contributed by atoms with Gasteiger partial charge in [-0.3, -0.25) is 4.79 Å². The van der Waals surface area contributed by atoms with E-state index in [0.717, 1.165) is 4.88 Å². The number of thiophene rings is 1. The van der Waals surface area contributed by atoms with E-state index in [1.165, 1.54) is 6.20 Å². The van der Waals surface area contributed by atoms with Crippen molar-refractivity contribution in [2.24, 2.45) is 0 Å². The van der Waals surface area contributed by atoms with Gasteiger partial charge < -0.3 is 10.1 Å². The van der Waals surface area contributed by atoms with Gasteiger partial charge in [0, 0.05) is 17.1 Å². The van der Waals surface area contributed by atoms with Gasteiger partial charge in [0.15, 0.2) is 0 Å². The number of pyridine rings is 1. The summed E-state index contributed by atoms with van der Waals surface area (Å²) in [5, 5.41) is 4.94. The van der Waals surface area contributed by atoms with E-state index in [1.54, 1.807) is 23.5 Å². The molecule has 1 unspecified atom stereocenters. The zero-order valence-corrected chi connectivity index (χ0v) is 11.7. The number of carbonyl (C=O) groups excluding carboxylic acids is 1. The molecule has 2 rings (SSSR count). The molecule has 0 saturated heterocycles. The number of nitrogens with one attached hydrogen (secondary N) is 1. The fourth-order valence-corrected chi connectivity index (χ4v) is 2.37. The van der Waals surface area contributed by atoms with Crippen molar-refractivity contribution in [3.8, 4) is 5.88 Å². The highest BCUT2D eigenvalue weighted by Gasteiger charge is 2.12. The summed E-state index contributed by atoms with van der Waals surface area (Å²) in [5.41, 5.74) is 0.534. The molecule has 1 atom stereocenters. The van der Waals surface area contributed by atoms with Crippen molar-refractivity contribution in [1.82, 2.24) is 10.3 Å². The lowest BCUT2D eigenvalue weighted by atomic mass is 10.2. The zero-order chi connectivity index (χ0) is 13.7. The lowest BCUT2D eigenvalue weighted by Gasteiger charge is -2.12. The van der Waals surface area contributed by atoms with Crippen LogP contribution in [-0.2, 0) is 0 Å². The molecule has 0 aliphatic carbocycles. The summed E-state index contributed by atoms with van der Waals surface area (Å²) in [7, 11) is 0. The Labute approximate surface area is 116 Å². The van der Waals surface area contributed by atoms with Crippen molar-refractivity contribution in [3.63, 3.8) is 0 Å². The van der Waals surface area contributed by atoms with Gasteiger partial charge in [0.05, 0.1) is 18.2 Å². The standard InChI is InChI=1S/C14H16N2O2S/c1-3-18-13-7-6-11(9-15-13)14(17)16-10(2)12-5-4-8-19-12/h4-10H,3H2,1-2H3,(H,16,17). The maximum Gasteiger partial charge on any atom is 0.253 e. The van der Waals surface area contributed by atoms with Crippen LogP contribution in [0.25, 0.3) is 0 Å². The minimum Gasteiger partial charge on any atom is -0.478 e. The smallest absolute Gasteiger partial charge is 0.253 e. The predicted molar refractivity (Wildman–Crippen MR) is 75.6 cm³/mol. The van der Waals surface area contributed by atoms with Crippen LogP contribution in [0.5, 0.6) is 5.88 Å². The van der Waals surface area contributed by atoms with Gasteiger partial charge >= 0.3 is 0 Å². The molecule has 1 amide bonds. The molecule has 1 N–H and O–H groups in total. The number of nitrogens with zero attached hydrogens (tertiary/aromatic N) is 1. The van der Waals surface area contributed by atoms with Gasteiger partial charge in [-0.2, -0.15) is 0 Å². The molecule has 0 spiro atoms. The minimum absolute atomic E-state index is 0.000863. The van der Waals surface area contributed by atoms with Gasteiger partial charge in [-0.15, -0.1) is 11.3 Å². The maximum atomic E-state index is 12.0. The number of rotatable bonds is 5. The number of aromatic nitrogens is 1. The Morgan fingerprint density at radius 1 is 1.47 bits per heavy atom. The predicted octanol–water partition coefficient (Wildman–Crippen LogP) is 3.03. The van der Waals surface area contributed by atoms with Gasteiger partial charge in [-0.25, -0.2) is 4.98 Å². The maximum absolute atomic E-state index is 12.0. The van der Waals surface area contributed by atoms with Gasteiger partial charge in [-0.05, 0) is 31.4 Å². The summed E-state index contributed by atoms with van der Waals surface area (Å²) in [6, 6.07) is 7.40. The number of hydrogen-bond donors (Lipinski definition) is 1. The lowest BCUT2D eigenvalue weighted by molar-refractivity contribution is 0.0940. The first-order valence-electron chi connectivity index (χ1n) is 6.14. The third kappa shape index (κ3) is 3.54. The van der Waals surface area contributed by atoms with Crippen molar-refractivity contribution in [3.05, 3.63) is 46.3 Å². The molecular weight excluding hydrogens is 260 g/mol. The molecule has 19 heavy (non-hydrogen) atoms. The summed E-state index contributed by atoms with van der Waals surface area (Å²) < 4.78 is 5.24. The first kappa shape index (κ1) is 13.5. The molecule has 2 heterocycles. The third-order valence-electron chi connectivity index (χ3n) is 2.61. The average molecular weight is 276 g/mol. The molecule has 0 aliphatic rings. The topological polar surface area (TPSA) is 51.2 Å². The fraction of sp³-hybridized carbons (Fsp3) is 0.286. The Morgan fingerprint density at radius 3 is 2.89 bits per heavy atom. The van der Waals surface area contributed by atoms with Gasteiger partial charge in [0.25, 0.3) is 5.91 Å². The Kier molecular flexibility index (Phi) is 4.52. The SMILES string of the molecule is CCOc1ccc(C(=O)NC(C)c2cccs2)cn1. The molecule has 4 nitrogen and oxygen atoms in total. The monoisotopic (exact) mass is 276 g/mol. The van der Waals surface area contributed by atoms with E-state index >= 15 is 0 Å². The number of carbonyl (C=O) groups is 1. The largest absolute Gasteiger partial charge is 0.478 e. The van der Waals surface area contributed by atoms with Crippen molar-refractivity contribution in [1.29, 1.82) is 0 Å². The zero-order valence-electron chi connectivity index (χ0n) is 10.9. The van der Waals surface area contributed by atoms with Crippen molar-refractivity contribution < 1.29 is 9.53 Å². The van der Waals surface area contributed by atoms with Crippen LogP contribution < -0.4 is 10.1 Å². The van der Waals surface area contributed by atoms with Crippen molar-refractivity contribution >= 4 is 17.2 Å². The first-order chi connectivity index (χ1) is 9.20. The molecule has 0 fully saturated rings. The summed E-state index contributed by atoms with van der Waals surface area (Å²) in [4.78, 5) is 17.2. The van der Waals surface area contributed by atoms with Crippen LogP contribution in [0.3, 0.4) is 0 Å². The van der Waals surface area contributed by atoms with E-state index in [1.807, 2.05) is 31.4 Å². The van der Waals surface area contributed by atoms with Crippen LogP contribution in [0.4, 0.5) is 0 Å². The van der Waals surface area contributed by atoms with Crippen LogP contribution in [0.15, 0.2) is 35.8 Å². The second-order valence-corrected chi connectivity index (χ2v) is 5.01. The molecule has 2 aromatic rings.